The highest BCUT2D eigenvalue weighted by Gasteiger charge is 2.32. The molecule has 1 aliphatic heterocycles. The predicted octanol–water partition coefficient (Wildman–Crippen LogP) is 3.63. The first kappa shape index (κ1) is 28.9. The van der Waals surface area contributed by atoms with Gasteiger partial charge in [0.2, 0.25) is 11.8 Å². The molecule has 0 unspecified atom stereocenters. The van der Waals surface area contributed by atoms with Gasteiger partial charge in [-0.15, -0.1) is 5.10 Å². The van der Waals surface area contributed by atoms with Crippen molar-refractivity contribution in [1.29, 1.82) is 0 Å². The van der Waals surface area contributed by atoms with Gasteiger partial charge in [0.15, 0.2) is 0 Å². The van der Waals surface area contributed by atoms with Crippen molar-refractivity contribution < 1.29 is 23.9 Å². The minimum Gasteiger partial charge on any atom is -0.465 e. The van der Waals surface area contributed by atoms with Gasteiger partial charge in [0, 0.05) is 19.7 Å². The molecular formula is C32H35N5O5. The Labute approximate surface area is 244 Å². The predicted molar refractivity (Wildman–Crippen MR) is 157 cm³/mol. The number of nitrogens with zero attached hydrogens (tertiary/aromatic N) is 4. The third-order valence-electron chi connectivity index (χ3n) is 7.48. The van der Waals surface area contributed by atoms with E-state index in [1.807, 2.05) is 49.4 Å². The van der Waals surface area contributed by atoms with Crippen molar-refractivity contribution in [2.24, 2.45) is 0 Å². The highest BCUT2D eigenvalue weighted by molar-refractivity contribution is 5.91. The van der Waals surface area contributed by atoms with Gasteiger partial charge in [0.05, 0.1) is 24.3 Å². The van der Waals surface area contributed by atoms with Crippen molar-refractivity contribution in [3.63, 3.8) is 0 Å². The number of fused-ring (bicyclic) bond motifs is 1. The number of esters is 1. The zero-order valence-corrected chi connectivity index (χ0v) is 23.9. The second-order valence-electron chi connectivity index (χ2n) is 10.5. The normalized spacial score (nSPS) is 15.3. The fraction of sp³-hybridized carbons (Fsp3) is 0.344. The SMILES string of the molecule is COC(=O)c1ccc([C@H](C(=O)NC[C@@H]2CCCO2)N(CCc2cccc(C)c2)C(=O)Cn2nnc3ccccc32)cc1. The molecule has 1 aromatic heterocycles. The summed E-state index contributed by atoms with van der Waals surface area (Å²) in [5.74, 6) is -1.09. The van der Waals surface area contributed by atoms with Crippen LogP contribution in [0.4, 0.5) is 0 Å². The molecule has 0 bridgehead atoms. The number of aromatic nitrogens is 3. The lowest BCUT2D eigenvalue weighted by atomic mass is 10.0. The first-order valence-corrected chi connectivity index (χ1v) is 14.1. The third kappa shape index (κ3) is 6.83. The molecule has 1 saturated heterocycles. The Bertz CT molecular complexity index is 1540. The van der Waals surface area contributed by atoms with Crippen LogP contribution in [0.5, 0.6) is 0 Å². The Balaban J connectivity index is 1.48. The molecule has 0 saturated carbocycles. The minimum absolute atomic E-state index is 0.0609. The second kappa shape index (κ2) is 13.4. The summed E-state index contributed by atoms with van der Waals surface area (Å²) in [6, 6.07) is 21.2. The molecule has 0 spiro atoms. The van der Waals surface area contributed by atoms with E-state index in [4.69, 9.17) is 9.47 Å². The molecule has 10 heteroatoms. The number of aryl methyl sites for hydroxylation is 1. The minimum atomic E-state index is -0.954. The van der Waals surface area contributed by atoms with E-state index in [-0.39, 0.29) is 31.0 Å². The van der Waals surface area contributed by atoms with Gasteiger partial charge in [-0.1, -0.05) is 59.3 Å². The maximum absolute atomic E-state index is 14.1. The Kier molecular flexibility index (Phi) is 9.23. The van der Waals surface area contributed by atoms with Crippen molar-refractivity contribution in [2.45, 2.75) is 44.9 Å². The molecule has 4 aromatic rings. The number of hydrogen-bond acceptors (Lipinski definition) is 7. The zero-order valence-electron chi connectivity index (χ0n) is 23.9. The number of methoxy groups -OCH3 is 1. The topological polar surface area (TPSA) is 116 Å². The molecule has 0 radical (unpaired) electrons. The van der Waals surface area contributed by atoms with Crippen molar-refractivity contribution in [1.82, 2.24) is 25.2 Å². The molecule has 42 heavy (non-hydrogen) atoms. The molecule has 10 nitrogen and oxygen atoms in total. The van der Waals surface area contributed by atoms with E-state index >= 15 is 0 Å². The highest BCUT2D eigenvalue weighted by atomic mass is 16.5. The fourth-order valence-corrected chi connectivity index (χ4v) is 5.28. The summed E-state index contributed by atoms with van der Waals surface area (Å²) in [7, 11) is 1.32. The number of rotatable bonds is 11. The van der Waals surface area contributed by atoms with Crippen molar-refractivity contribution in [3.8, 4) is 0 Å². The van der Waals surface area contributed by atoms with Crippen molar-refractivity contribution >= 4 is 28.8 Å². The van der Waals surface area contributed by atoms with Gasteiger partial charge in [-0.25, -0.2) is 9.48 Å². The summed E-state index contributed by atoms with van der Waals surface area (Å²) in [5.41, 5.74) is 4.51. The lowest BCUT2D eigenvalue weighted by Gasteiger charge is -2.32. The maximum Gasteiger partial charge on any atom is 0.337 e. The molecule has 5 rings (SSSR count). The second-order valence-corrected chi connectivity index (χ2v) is 10.5. The lowest BCUT2D eigenvalue weighted by Crippen LogP contribution is -2.47. The Hall–Kier alpha value is -4.57. The summed E-state index contributed by atoms with van der Waals surface area (Å²) >= 11 is 0. The van der Waals surface area contributed by atoms with Gasteiger partial charge >= 0.3 is 5.97 Å². The quantitative estimate of drug-likeness (QED) is 0.274. The molecule has 2 amide bonds. The number of ether oxygens (including phenoxy) is 2. The van der Waals surface area contributed by atoms with Crippen LogP contribution >= 0.6 is 0 Å². The molecule has 1 N–H and O–H groups in total. The molecule has 3 aromatic carbocycles. The Morgan fingerprint density at radius 3 is 2.64 bits per heavy atom. The maximum atomic E-state index is 14.1. The number of nitrogens with one attached hydrogen (secondary N) is 1. The summed E-state index contributed by atoms with van der Waals surface area (Å²) in [4.78, 5) is 41.7. The van der Waals surface area contributed by atoms with E-state index in [1.54, 1.807) is 33.8 Å². The van der Waals surface area contributed by atoms with Crippen LogP contribution in [0.1, 0.15) is 45.9 Å². The third-order valence-corrected chi connectivity index (χ3v) is 7.48. The monoisotopic (exact) mass is 569 g/mol. The zero-order chi connectivity index (χ0) is 29.5. The molecule has 218 valence electrons. The number of hydrogen-bond donors (Lipinski definition) is 1. The van der Waals surface area contributed by atoms with Crippen LogP contribution in [0.15, 0.2) is 72.8 Å². The van der Waals surface area contributed by atoms with Crippen LogP contribution < -0.4 is 5.32 Å². The summed E-state index contributed by atoms with van der Waals surface area (Å²) in [5, 5.41) is 11.4. The van der Waals surface area contributed by atoms with Crippen LogP contribution in [-0.4, -0.2) is 70.6 Å². The molecule has 2 heterocycles. The van der Waals surface area contributed by atoms with Gasteiger partial charge in [0.1, 0.15) is 18.1 Å². The number of para-hydroxylation sites is 1. The first-order chi connectivity index (χ1) is 20.4. The van der Waals surface area contributed by atoms with Crippen LogP contribution in [0.25, 0.3) is 11.0 Å². The van der Waals surface area contributed by atoms with Crippen LogP contribution in [-0.2, 0) is 32.0 Å². The first-order valence-electron chi connectivity index (χ1n) is 14.1. The average Bonchev–Trinajstić information content (AvgIpc) is 3.68. The molecule has 0 aliphatic carbocycles. The fourth-order valence-electron chi connectivity index (χ4n) is 5.28. The van der Waals surface area contributed by atoms with E-state index in [2.05, 4.69) is 21.7 Å². The number of carbonyl (C=O) groups excluding carboxylic acids is 3. The smallest absolute Gasteiger partial charge is 0.337 e. The summed E-state index contributed by atoms with van der Waals surface area (Å²) in [6.45, 7) is 3.23. The number of benzene rings is 3. The number of amides is 2. The molecule has 1 aliphatic rings. The standard InChI is InChI=1S/C32H35N5O5/c1-22-7-5-8-23(19-22)16-17-36(29(38)21-37-28-11-4-3-10-27(28)34-35-37)30(31(39)33-20-26-9-6-18-42-26)24-12-14-25(15-13-24)32(40)41-2/h3-5,7-8,10-15,19,26,30H,6,9,16-18,20-21H2,1-2H3,(H,33,39)/t26-,30+/m0/s1. The van der Waals surface area contributed by atoms with Gasteiger partial charge in [-0.3, -0.25) is 9.59 Å². The van der Waals surface area contributed by atoms with E-state index < -0.39 is 12.0 Å². The summed E-state index contributed by atoms with van der Waals surface area (Å²) in [6.07, 6.45) is 2.30. The van der Waals surface area contributed by atoms with Crippen LogP contribution in [0.2, 0.25) is 0 Å². The lowest BCUT2D eigenvalue weighted by molar-refractivity contribution is -0.141. The molecule has 1 fully saturated rings. The largest absolute Gasteiger partial charge is 0.465 e. The van der Waals surface area contributed by atoms with Crippen LogP contribution in [0.3, 0.4) is 0 Å². The Morgan fingerprint density at radius 1 is 1.10 bits per heavy atom. The van der Waals surface area contributed by atoms with Gasteiger partial charge in [0.25, 0.3) is 0 Å². The highest BCUT2D eigenvalue weighted by Crippen LogP contribution is 2.25. The number of carbonyl (C=O) groups is 3. The van der Waals surface area contributed by atoms with Gasteiger partial charge in [-0.05, 0) is 61.6 Å². The summed E-state index contributed by atoms with van der Waals surface area (Å²) < 4.78 is 12.1. The van der Waals surface area contributed by atoms with E-state index in [0.717, 1.165) is 29.5 Å². The average molecular weight is 570 g/mol. The Morgan fingerprint density at radius 2 is 1.90 bits per heavy atom. The van der Waals surface area contributed by atoms with Gasteiger partial charge in [-0.2, -0.15) is 0 Å². The van der Waals surface area contributed by atoms with Crippen LogP contribution in [0, 0.1) is 6.92 Å². The molecular weight excluding hydrogens is 534 g/mol. The van der Waals surface area contributed by atoms with E-state index in [0.29, 0.717) is 36.2 Å². The van der Waals surface area contributed by atoms with Crippen molar-refractivity contribution in [2.75, 3.05) is 26.8 Å². The van der Waals surface area contributed by atoms with E-state index in [1.165, 1.54) is 7.11 Å². The molecule has 2 atom stereocenters. The van der Waals surface area contributed by atoms with E-state index in [9.17, 15) is 14.4 Å². The van der Waals surface area contributed by atoms with Crippen molar-refractivity contribution in [3.05, 3.63) is 95.1 Å². The van der Waals surface area contributed by atoms with Gasteiger partial charge < -0.3 is 19.7 Å².